The minimum atomic E-state index is -0.0897. The Morgan fingerprint density at radius 3 is 2.85 bits per heavy atom. The van der Waals surface area contributed by atoms with Crippen LogP contribution in [-0.4, -0.2) is 17.0 Å². The van der Waals surface area contributed by atoms with Gasteiger partial charge in [-0.25, -0.2) is 0 Å². The third kappa shape index (κ3) is 1.70. The van der Waals surface area contributed by atoms with Crippen LogP contribution in [-0.2, 0) is 4.79 Å². The van der Waals surface area contributed by atoms with Crippen molar-refractivity contribution >= 4 is 5.78 Å². The Morgan fingerprint density at radius 2 is 2.00 bits per heavy atom. The molecular weight excluding hydrogens is 248 g/mol. The topological polar surface area (TPSA) is 37.3 Å². The summed E-state index contributed by atoms with van der Waals surface area (Å²) in [4.78, 5) is 11.8. The zero-order valence-electron chi connectivity index (χ0n) is 12.5. The van der Waals surface area contributed by atoms with Crippen molar-refractivity contribution in [2.24, 2.45) is 29.1 Å². The highest BCUT2D eigenvalue weighted by atomic mass is 16.3. The van der Waals surface area contributed by atoms with Crippen molar-refractivity contribution in [1.29, 1.82) is 0 Å². The summed E-state index contributed by atoms with van der Waals surface area (Å²) >= 11 is 0. The molecule has 0 aromatic rings. The molecule has 0 aliphatic heterocycles. The van der Waals surface area contributed by atoms with E-state index in [4.69, 9.17) is 0 Å². The van der Waals surface area contributed by atoms with Crippen molar-refractivity contribution in [3.63, 3.8) is 0 Å². The first kappa shape index (κ1) is 13.1. The van der Waals surface area contributed by atoms with Gasteiger partial charge >= 0.3 is 0 Å². The van der Waals surface area contributed by atoms with Gasteiger partial charge in [0.1, 0.15) is 0 Å². The Bertz CT molecular complexity index is 466. The molecular formula is C18H26O2. The van der Waals surface area contributed by atoms with Crippen LogP contribution in [0.5, 0.6) is 0 Å². The Hall–Kier alpha value is -0.630. The quantitative estimate of drug-likeness (QED) is 0.734. The fraction of sp³-hybridized carbons (Fsp3) is 0.833. The van der Waals surface area contributed by atoms with Crippen molar-refractivity contribution in [3.05, 3.63) is 11.6 Å². The Balaban J connectivity index is 1.66. The fourth-order valence-electron chi connectivity index (χ4n) is 6.05. The van der Waals surface area contributed by atoms with Crippen LogP contribution in [0.25, 0.3) is 0 Å². The van der Waals surface area contributed by atoms with E-state index < -0.39 is 0 Å². The van der Waals surface area contributed by atoms with Gasteiger partial charge in [0.25, 0.3) is 0 Å². The highest BCUT2D eigenvalue weighted by Gasteiger charge is 2.55. The Labute approximate surface area is 121 Å². The zero-order chi connectivity index (χ0) is 13.9. The third-order valence-corrected chi connectivity index (χ3v) is 7.20. The monoisotopic (exact) mass is 274 g/mol. The molecule has 0 radical (unpaired) electrons. The van der Waals surface area contributed by atoms with Crippen LogP contribution >= 0.6 is 0 Å². The molecule has 0 saturated heterocycles. The predicted molar refractivity (Wildman–Crippen MR) is 78.1 cm³/mol. The van der Waals surface area contributed by atoms with E-state index in [9.17, 15) is 9.90 Å². The minimum absolute atomic E-state index is 0.0897. The molecule has 3 fully saturated rings. The number of fused-ring (bicyclic) bond motifs is 5. The maximum absolute atomic E-state index is 11.8. The summed E-state index contributed by atoms with van der Waals surface area (Å²) in [5, 5.41) is 10.4. The number of ketones is 1. The number of hydrogen-bond acceptors (Lipinski definition) is 2. The van der Waals surface area contributed by atoms with E-state index >= 15 is 0 Å². The molecule has 0 unspecified atom stereocenters. The van der Waals surface area contributed by atoms with E-state index in [-0.39, 0.29) is 11.5 Å². The second-order valence-corrected chi connectivity index (χ2v) is 7.94. The molecule has 0 amide bonds. The van der Waals surface area contributed by atoms with Crippen molar-refractivity contribution in [2.45, 2.75) is 64.4 Å². The summed E-state index contributed by atoms with van der Waals surface area (Å²) in [5.41, 5.74) is 1.66. The molecule has 6 atom stereocenters. The molecule has 0 bridgehead atoms. The van der Waals surface area contributed by atoms with Crippen molar-refractivity contribution < 1.29 is 9.90 Å². The molecule has 0 spiro atoms. The number of allylic oxidation sites excluding steroid dienone is 2. The van der Waals surface area contributed by atoms with Crippen LogP contribution in [0.1, 0.15) is 58.3 Å². The Morgan fingerprint density at radius 1 is 1.15 bits per heavy atom. The number of carbonyl (C=O) groups is 1. The van der Waals surface area contributed by atoms with Gasteiger partial charge in [0.05, 0.1) is 6.10 Å². The fourth-order valence-corrected chi connectivity index (χ4v) is 6.05. The van der Waals surface area contributed by atoms with E-state index in [0.717, 1.165) is 31.6 Å². The van der Waals surface area contributed by atoms with Crippen LogP contribution in [0.15, 0.2) is 11.6 Å². The van der Waals surface area contributed by atoms with Crippen molar-refractivity contribution in [3.8, 4) is 0 Å². The summed E-state index contributed by atoms with van der Waals surface area (Å²) in [5.74, 6) is 3.14. The van der Waals surface area contributed by atoms with Gasteiger partial charge in [-0.15, -0.1) is 0 Å². The number of aliphatic hydroxyl groups excluding tert-OH is 1. The maximum Gasteiger partial charge on any atom is 0.155 e. The summed E-state index contributed by atoms with van der Waals surface area (Å²) in [7, 11) is 0. The van der Waals surface area contributed by atoms with E-state index in [1.165, 1.54) is 31.3 Å². The molecule has 3 saturated carbocycles. The van der Waals surface area contributed by atoms with Gasteiger partial charge < -0.3 is 5.11 Å². The molecule has 4 aliphatic rings. The van der Waals surface area contributed by atoms with Gasteiger partial charge in [-0.2, -0.15) is 0 Å². The number of hydrogen-bond donors (Lipinski definition) is 1. The molecule has 2 nitrogen and oxygen atoms in total. The SMILES string of the molecule is C[C@]12CC[C@@H]3C4=CC(=O)CC[C@@H]4CC[C@@H]3[C@@H]1CC[C@H]2O. The predicted octanol–water partition coefficient (Wildman–Crippen LogP) is 3.49. The maximum atomic E-state index is 11.8. The number of carbonyl (C=O) groups excluding carboxylic acids is 1. The zero-order valence-corrected chi connectivity index (χ0v) is 12.5. The first-order chi connectivity index (χ1) is 9.59. The molecule has 0 heterocycles. The summed E-state index contributed by atoms with van der Waals surface area (Å²) in [6.07, 6.45) is 10.9. The van der Waals surface area contributed by atoms with Gasteiger partial charge in [0.2, 0.25) is 0 Å². The van der Waals surface area contributed by atoms with Crippen molar-refractivity contribution in [1.82, 2.24) is 0 Å². The van der Waals surface area contributed by atoms with E-state index in [2.05, 4.69) is 6.92 Å². The van der Waals surface area contributed by atoms with E-state index in [1.807, 2.05) is 6.08 Å². The highest BCUT2D eigenvalue weighted by Crippen LogP contribution is 2.61. The standard InChI is InChI=1S/C18H26O2/c1-18-9-8-13-14(16(18)6-7-17(18)20)5-3-11-2-4-12(19)10-15(11)13/h10-11,13-14,16-17,20H,2-9H2,1H3/t11-,13+,14+,16+,17-,18+/m1/s1. The largest absolute Gasteiger partial charge is 0.393 e. The lowest BCUT2D eigenvalue weighted by molar-refractivity contribution is -0.115. The third-order valence-electron chi connectivity index (χ3n) is 7.20. The summed E-state index contributed by atoms with van der Waals surface area (Å²) in [6.45, 7) is 2.32. The van der Waals surface area contributed by atoms with Crippen LogP contribution in [0.3, 0.4) is 0 Å². The van der Waals surface area contributed by atoms with Gasteiger partial charge in [-0.05, 0) is 80.1 Å². The van der Waals surface area contributed by atoms with Crippen LogP contribution in [0.4, 0.5) is 0 Å². The number of rotatable bonds is 0. The summed E-state index contributed by atoms with van der Waals surface area (Å²) < 4.78 is 0. The smallest absolute Gasteiger partial charge is 0.155 e. The van der Waals surface area contributed by atoms with E-state index in [1.54, 1.807) is 0 Å². The normalized spacial score (nSPS) is 51.0. The van der Waals surface area contributed by atoms with Gasteiger partial charge in [0.15, 0.2) is 5.78 Å². The number of aliphatic hydroxyl groups is 1. The molecule has 20 heavy (non-hydrogen) atoms. The average molecular weight is 274 g/mol. The van der Waals surface area contributed by atoms with Crippen LogP contribution < -0.4 is 0 Å². The van der Waals surface area contributed by atoms with Gasteiger partial charge in [-0.3, -0.25) is 4.79 Å². The molecule has 4 aliphatic carbocycles. The first-order valence-corrected chi connectivity index (χ1v) is 8.52. The van der Waals surface area contributed by atoms with Crippen LogP contribution in [0, 0.1) is 29.1 Å². The average Bonchev–Trinajstić information content (AvgIpc) is 2.74. The Kier molecular flexibility index (Phi) is 2.89. The second-order valence-electron chi connectivity index (χ2n) is 7.94. The lowest BCUT2D eigenvalue weighted by Gasteiger charge is -2.52. The lowest BCUT2D eigenvalue weighted by atomic mass is 9.53. The molecule has 1 N–H and O–H groups in total. The lowest BCUT2D eigenvalue weighted by Crippen LogP contribution is -2.46. The van der Waals surface area contributed by atoms with Gasteiger partial charge in [0, 0.05) is 6.42 Å². The second kappa shape index (κ2) is 4.43. The minimum Gasteiger partial charge on any atom is -0.393 e. The van der Waals surface area contributed by atoms with E-state index in [0.29, 0.717) is 23.5 Å². The molecule has 4 rings (SSSR count). The molecule has 110 valence electrons. The van der Waals surface area contributed by atoms with Crippen molar-refractivity contribution in [2.75, 3.05) is 0 Å². The molecule has 2 heteroatoms. The molecule has 0 aromatic carbocycles. The summed E-state index contributed by atoms with van der Waals surface area (Å²) in [6, 6.07) is 0. The molecule has 0 aromatic heterocycles. The van der Waals surface area contributed by atoms with Gasteiger partial charge in [-0.1, -0.05) is 12.5 Å². The van der Waals surface area contributed by atoms with Crippen LogP contribution in [0.2, 0.25) is 0 Å². The highest BCUT2D eigenvalue weighted by molar-refractivity contribution is 5.91. The first-order valence-electron chi connectivity index (χ1n) is 8.52.